The van der Waals surface area contributed by atoms with E-state index in [0.29, 0.717) is 12.0 Å². The standard InChI is InChI=1S/C8H10N4O2/c13-12(14)7-4-9-8(10-5-7)11-6-2-1-3-6/h4-6H,1-3H2,(H,9,10,11). The summed E-state index contributed by atoms with van der Waals surface area (Å²) in [5.41, 5.74) is -0.0795. The summed E-state index contributed by atoms with van der Waals surface area (Å²) in [4.78, 5) is 17.5. The van der Waals surface area contributed by atoms with Gasteiger partial charge < -0.3 is 5.32 Å². The van der Waals surface area contributed by atoms with Crippen molar-refractivity contribution in [3.63, 3.8) is 0 Å². The van der Waals surface area contributed by atoms with Crippen molar-refractivity contribution in [2.75, 3.05) is 5.32 Å². The second-order valence-corrected chi connectivity index (χ2v) is 3.29. The number of nitrogens with zero attached hydrogens (tertiary/aromatic N) is 3. The van der Waals surface area contributed by atoms with Crippen molar-refractivity contribution < 1.29 is 4.92 Å². The van der Waals surface area contributed by atoms with Gasteiger partial charge in [-0.25, -0.2) is 9.97 Å². The Morgan fingerprint density at radius 1 is 1.43 bits per heavy atom. The van der Waals surface area contributed by atoms with Gasteiger partial charge >= 0.3 is 5.69 Å². The van der Waals surface area contributed by atoms with E-state index in [2.05, 4.69) is 15.3 Å². The van der Waals surface area contributed by atoms with E-state index in [1.165, 1.54) is 18.8 Å². The fraction of sp³-hybridized carbons (Fsp3) is 0.500. The normalized spacial score (nSPS) is 16.0. The summed E-state index contributed by atoms with van der Waals surface area (Å²) in [6.07, 6.45) is 5.91. The molecule has 1 aliphatic rings. The molecule has 1 aromatic rings. The molecule has 1 heterocycles. The van der Waals surface area contributed by atoms with E-state index >= 15 is 0 Å². The molecule has 6 heteroatoms. The highest BCUT2D eigenvalue weighted by molar-refractivity contribution is 5.31. The summed E-state index contributed by atoms with van der Waals surface area (Å²) < 4.78 is 0. The molecule has 1 aliphatic carbocycles. The van der Waals surface area contributed by atoms with E-state index in [0.717, 1.165) is 12.8 Å². The third-order valence-electron chi connectivity index (χ3n) is 2.29. The molecule has 0 unspecified atom stereocenters. The molecule has 0 aliphatic heterocycles. The van der Waals surface area contributed by atoms with Gasteiger partial charge in [-0.3, -0.25) is 10.1 Å². The Morgan fingerprint density at radius 3 is 2.50 bits per heavy atom. The third-order valence-corrected chi connectivity index (χ3v) is 2.29. The van der Waals surface area contributed by atoms with Gasteiger partial charge in [0.2, 0.25) is 5.95 Å². The summed E-state index contributed by atoms with van der Waals surface area (Å²) in [5.74, 6) is 0.473. The summed E-state index contributed by atoms with van der Waals surface area (Å²) in [7, 11) is 0. The highest BCUT2D eigenvalue weighted by atomic mass is 16.6. The molecule has 14 heavy (non-hydrogen) atoms. The minimum Gasteiger partial charge on any atom is -0.351 e. The number of nitrogens with one attached hydrogen (secondary N) is 1. The predicted octanol–water partition coefficient (Wildman–Crippen LogP) is 1.35. The zero-order chi connectivity index (χ0) is 9.97. The molecule has 1 saturated carbocycles. The topological polar surface area (TPSA) is 81.0 Å². The highest BCUT2D eigenvalue weighted by Gasteiger charge is 2.18. The largest absolute Gasteiger partial charge is 0.351 e. The van der Waals surface area contributed by atoms with Gasteiger partial charge in [0, 0.05) is 6.04 Å². The Labute approximate surface area is 80.5 Å². The summed E-state index contributed by atoms with van der Waals surface area (Å²) in [6, 6.07) is 0.441. The van der Waals surface area contributed by atoms with Crippen LogP contribution in [0.4, 0.5) is 11.6 Å². The molecule has 0 bridgehead atoms. The van der Waals surface area contributed by atoms with Gasteiger partial charge in [-0.1, -0.05) is 0 Å². The first-order valence-electron chi connectivity index (χ1n) is 4.48. The Balaban J connectivity index is 2.01. The molecule has 0 radical (unpaired) electrons. The molecule has 1 fully saturated rings. The van der Waals surface area contributed by atoms with Gasteiger partial charge in [0.15, 0.2) is 0 Å². The van der Waals surface area contributed by atoms with Crippen molar-refractivity contribution in [3.05, 3.63) is 22.5 Å². The molecule has 1 aromatic heterocycles. The van der Waals surface area contributed by atoms with Crippen molar-refractivity contribution >= 4 is 11.6 Å². The molecule has 0 aromatic carbocycles. The van der Waals surface area contributed by atoms with Crippen LogP contribution in [0.5, 0.6) is 0 Å². The Bertz CT molecular complexity index is 334. The van der Waals surface area contributed by atoms with Crippen LogP contribution in [0.15, 0.2) is 12.4 Å². The molecule has 0 amide bonds. The average Bonchev–Trinajstić information content (AvgIpc) is 2.12. The fourth-order valence-corrected chi connectivity index (χ4v) is 1.23. The lowest BCUT2D eigenvalue weighted by Crippen LogP contribution is -2.27. The minimum absolute atomic E-state index is 0.0795. The van der Waals surface area contributed by atoms with Gasteiger partial charge in [-0.05, 0) is 19.3 Å². The number of aromatic nitrogens is 2. The van der Waals surface area contributed by atoms with Crippen LogP contribution in [0, 0.1) is 10.1 Å². The molecule has 0 atom stereocenters. The van der Waals surface area contributed by atoms with E-state index < -0.39 is 4.92 Å². The molecule has 6 nitrogen and oxygen atoms in total. The Hall–Kier alpha value is -1.72. The van der Waals surface area contributed by atoms with Crippen molar-refractivity contribution in [2.45, 2.75) is 25.3 Å². The van der Waals surface area contributed by atoms with E-state index in [9.17, 15) is 10.1 Å². The Kier molecular flexibility index (Phi) is 2.26. The predicted molar refractivity (Wildman–Crippen MR) is 49.9 cm³/mol. The van der Waals surface area contributed by atoms with Gasteiger partial charge in [0.25, 0.3) is 0 Å². The van der Waals surface area contributed by atoms with E-state index in [4.69, 9.17) is 0 Å². The van der Waals surface area contributed by atoms with Gasteiger partial charge in [-0.2, -0.15) is 0 Å². The third kappa shape index (κ3) is 1.78. The monoisotopic (exact) mass is 194 g/mol. The van der Waals surface area contributed by atoms with E-state index in [-0.39, 0.29) is 5.69 Å². The summed E-state index contributed by atoms with van der Waals surface area (Å²) in [5, 5.41) is 13.4. The summed E-state index contributed by atoms with van der Waals surface area (Å²) >= 11 is 0. The van der Waals surface area contributed by atoms with Crippen LogP contribution < -0.4 is 5.32 Å². The minimum atomic E-state index is -0.507. The average molecular weight is 194 g/mol. The van der Waals surface area contributed by atoms with Crippen LogP contribution in [0.25, 0.3) is 0 Å². The second kappa shape index (κ2) is 3.57. The number of hydrogen-bond donors (Lipinski definition) is 1. The second-order valence-electron chi connectivity index (χ2n) is 3.29. The molecular formula is C8H10N4O2. The van der Waals surface area contributed by atoms with Gasteiger partial charge in [-0.15, -0.1) is 0 Å². The van der Waals surface area contributed by atoms with Crippen molar-refractivity contribution in [3.8, 4) is 0 Å². The van der Waals surface area contributed by atoms with Gasteiger partial charge in [0.1, 0.15) is 12.4 Å². The maximum Gasteiger partial charge on any atom is 0.305 e. The SMILES string of the molecule is O=[N+]([O-])c1cnc(NC2CCC2)nc1. The van der Waals surface area contributed by atoms with Gasteiger partial charge in [0.05, 0.1) is 4.92 Å². The Morgan fingerprint density at radius 2 is 2.07 bits per heavy atom. The fourth-order valence-electron chi connectivity index (χ4n) is 1.23. The van der Waals surface area contributed by atoms with Crippen LogP contribution in [0.2, 0.25) is 0 Å². The van der Waals surface area contributed by atoms with E-state index in [1.54, 1.807) is 0 Å². The maximum absolute atomic E-state index is 10.3. The van der Waals surface area contributed by atoms with Crippen molar-refractivity contribution in [1.82, 2.24) is 9.97 Å². The number of hydrogen-bond acceptors (Lipinski definition) is 5. The van der Waals surface area contributed by atoms with Crippen LogP contribution in [-0.2, 0) is 0 Å². The van der Waals surface area contributed by atoms with E-state index in [1.807, 2.05) is 0 Å². The molecule has 0 spiro atoms. The molecular weight excluding hydrogens is 184 g/mol. The maximum atomic E-state index is 10.3. The lowest BCUT2D eigenvalue weighted by atomic mass is 9.93. The molecule has 0 saturated heterocycles. The zero-order valence-electron chi connectivity index (χ0n) is 7.51. The lowest BCUT2D eigenvalue weighted by molar-refractivity contribution is -0.385. The van der Waals surface area contributed by atoms with Crippen LogP contribution in [0.3, 0.4) is 0 Å². The van der Waals surface area contributed by atoms with Crippen LogP contribution >= 0.6 is 0 Å². The number of anilines is 1. The number of rotatable bonds is 3. The molecule has 2 rings (SSSR count). The first-order valence-corrected chi connectivity index (χ1v) is 4.48. The summed E-state index contributed by atoms with van der Waals surface area (Å²) in [6.45, 7) is 0. The quantitative estimate of drug-likeness (QED) is 0.580. The zero-order valence-corrected chi connectivity index (χ0v) is 7.51. The first kappa shape index (κ1) is 8.86. The number of nitro groups is 1. The highest BCUT2D eigenvalue weighted by Crippen LogP contribution is 2.21. The van der Waals surface area contributed by atoms with Crippen molar-refractivity contribution in [1.29, 1.82) is 0 Å². The smallest absolute Gasteiger partial charge is 0.305 e. The van der Waals surface area contributed by atoms with Crippen LogP contribution in [-0.4, -0.2) is 20.9 Å². The lowest BCUT2D eigenvalue weighted by Gasteiger charge is -2.25. The van der Waals surface area contributed by atoms with Crippen LogP contribution in [0.1, 0.15) is 19.3 Å². The first-order chi connectivity index (χ1) is 6.75. The van der Waals surface area contributed by atoms with Crippen molar-refractivity contribution in [2.24, 2.45) is 0 Å². The molecule has 1 N–H and O–H groups in total. The molecule has 74 valence electrons.